The molecule has 0 saturated carbocycles. The molecular weight excluding hydrogens is 258 g/mol. The molecule has 0 aliphatic carbocycles. The number of hydrogen-bond donors (Lipinski definition) is 0. The normalized spacial score (nSPS) is 17.4. The fourth-order valence-electron chi connectivity index (χ4n) is 2.23. The summed E-state index contributed by atoms with van der Waals surface area (Å²) in [5, 5.41) is 0. The van der Waals surface area contributed by atoms with E-state index in [9.17, 15) is 9.59 Å². The van der Waals surface area contributed by atoms with Crippen LogP contribution in [0.4, 0.5) is 5.69 Å². The SMILES string of the molecule is CCCCN1c2ccccc2OC(=O)C1C(=O)OCC. The number of ether oxygens (including phenoxy) is 2. The van der Waals surface area contributed by atoms with Gasteiger partial charge in [0.15, 0.2) is 5.75 Å². The second kappa shape index (κ2) is 6.41. The molecule has 0 aromatic heterocycles. The zero-order chi connectivity index (χ0) is 14.5. The maximum absolute atomic E-state index is 12.1. The lowest BCUT2D eigenvalue weighted by Gasteiger charge is -2.35. The van der Waals surface area contributed by atoms with Gasteiger partial charge in [0.25, 0.3) is 0 Å². The largest absolute Gasteiger partial charge is 0.464 e. The third kappa shape index (κ3) is 2.76. The van der Waals surface area contributed by atoms with E-state index in [1.54, 1.807) is 24.0 Å². The number of benzene rings is 1. The summed E-state index contributed by atoms with van der Waals surface area (Å²) < 4.78 is 10.2. The van der Waals surface area contributed by atoms with Crippen LogP contribution in [0.25, 0.3) is 0 Å². The fraction of sp³-hybridized carbons (Fsp3) is 0.467. The van der Waals surface area contributed by atoms with E-state index in [0.29, 0.717) is 12.3 Å². The van der Waals surface area contributed by atoms with Gasteiger partial charge in [0, 0.05) is 6.54 Å². The second-order valence-corrected chi connectivity index (χ2v) is 4.59. The monoisotopic (exact) mass is 277 g/mol. The predicted octanol–water partition coefficient (Wildman–Crippen LogP) is 2.14. The molecule has 0 fully saturated rings. The molecule has 5 heteroatoms. The van der Waals surface area contributed by atoms with Crippen LogP contribution in [-0.4, -0.2) is 31.1 Å². The number of nitrogens with zero attached hydrogens (tertiary/aromatic N) is 1. The van der Waals surface area contributed by atoms with Crippen LogP contribution in [0.3, 0.4) is 0 Å². The van der Waals surface area contributed by atoms with E-state index in [-0.39, 0.29) is 6.61 Å². The molecule has 5 nitrogen and oxygen atoms in total. The van der Waals surface area contributed by atoms with Gasteiger partial charge in [-0.15, -0.1) is 0 Å². The Balaban J connectivity index is 2.34. The molecule has 0 spiro atoms. The number of esters is 2. The highest BCUT2D eigenvalue weighted by Gasteiger charge is 2.40. The van der Waals surface area contributed by atoms with Crippen LogP contribution in [0, 0.1) is 0 Å². The van der Waals surface area contributed by atoms with E-state index >= 15 is 0 Å². The van der Waals surface area contributed by atoms with Gasteiger partial charge < -0.3 is 14.4 Å². The van der Waals surface area contributed by atoms with E-state index in [1.807, 2.05) is 12.1 Å². The van der Waals surface area contributed by atoms with Crippen molar-refractivity contribution in [1.82, 2.24) is 0 Å². The minimum atomic E-state index is -1.00. The molecule has 1 aliphatic rings. The van der Waals surface area contributed by atoms with E-state index in [4.69, 9.17) is 9.47 Å². The molecule has 0 saturated heterocycles. The summed E-state index contributed by atoms with van der Waals surface area (Å²) in [4.78, 5) is 25.9. The first-order valence-electron chi connectivity index (χ1n) is 6.93. The van der Waals surface area contributed by atoms with Crippen molar-refractivity contribution in [2.45, 2.75) is 32.7 Å². The minimum absolute atomic E-state index is 0.242. The van der Waals surface area contributed by atoms with Gasteiger partial charge in [-0.2, -0.15) is 0 Å². The number of unbranched alkanes of at least 4 members (excludes halogenated alkanes) is 1. The second-order valence-electron chi connectivity index (χ2n) is 4.59. The van der Waals surface area contributed by atoms with Crippen molar-refractivity contribution in [2.24, 2.45) is 0 Å². The Morgan fingerprint density at radius 2 is 2.10 bits per heavy atom. The molecule has 1 unspecified atom stereocenters. The average Bonchev–Trinajstić information content (AvgIpc) is 2.44. The summed E-state index contributed by atoms with van der Waals surface area (Å²) in [7, 11) is 0. The maximum Gasteiger partial charge on any atom is 0.346 e. The molecule has 0 bridgehead atoms. The van der Waals surface area contributed by atoms with Crippen molar-refractivity contribution in [2.75, 3.05) is 18.1 Å². The summed E-state index contributed by atoms with van der Waals surface area (Å²) in [6.07, 6.45) is 1.86. The molecular formula is C15H19NO4. The highest BCUT2D eigenvalue weighted by molar-refractivity contribution is 6.05. The predicted molar refractivity (Wildman–Crippen MR) is 74.8 cm³/mol. The zero-order valence-electron chi connectivity index (χ0n) is 11.8. The van der Waals surface area contributed by atoms with Crippen molar-refractivity contribution in [3.05, 3.63) is 24.3 Å². The first-order valence-corrected chi connectivity index (χ1v) is 6.93. The molecule has 1 heterocycles. The summed E-state index contributed by atoms with van der Waals surface area (Å²) in [6, 6.07) is 6.24. The molecule has 1 aromatic rings. The van der Waals surface area contributed by atoms with Gasteiger partial charge in [-0.3, -0.25) is 0 Å². The topological polar surface area (TPSA) is 55.8 Å². The highest BCUT2D eigenvalue weighted by Crippen LogP contribution is 2.34. The number of fused-ring (bicyclic) bond motifs is 1. The van der Waals surface area contributed by atoms with E-state index in [1.165, 1.54) is 0 Å². The Labute approximate surface area is 118 Å². The Hall–Kier alpha value is -2.04. The van der Waals surface area contributed by atoms with E-state index in [0.717, 1.165) is 18.5 Å². The third-order valence-electron chi connectivity index (χ3n) is 3.18. The highest BCUT2D eigenvalue weighted by atomic mass is 16.6. The number of carbonyl (C=O) groups is 2. The van der Waals surface area contributed by atoms with Crippen LogP contribution in [0.5, 0.6) is 5.75 Å². The van der Waals surface area contributed by atoms with Crippen molar-refractivity contribution in [1.29, 1.82) is 0 Å². The standard InChI is InChI=1S/C15H19NO4/c1-3-5-10-16-11-8-6-7-9-12(11)20-15(18)13(16)14(17)19-4-2/h6-9,13H,3-5,10H2,1-2H3. The van der Waals surface area contributed by atoms with Crippen molar-refractivity contribution < 1.29 is 19.1 Å². The van der Waals surface area contributed by atoms with Crippen LogP contribution in [-0.2, 0) is 14.3 Å². The van der Waals surface area contributed by atoms with Crippen LogP contribution < -0.4 is 9.64 Å². The minimum Gasteiger partial charge on any atom is -0.464 e. The fourth-order valence-corrected chi connectivity index (χ4v) is 2.23. The molecule has 0 amide bonds. The number of rotatable bonds is 5. The van der Waals surface area contributed by atoms with Crippen LogP contribution in [0.2, 0.25) is 0 Å². The van der Waals surface area contributed by atoms with Crippen molar-refractivity contribution >= 4 is 17.6 Å². The summed E-state index contributed by atoms with van der Waals surface area (Å²) >= 11 is 0. The molecule has 20 heavy (non-hydrogen) atoms. The van der Waals surface area contributed by atoms with Crippen LogP contribution >= 0.6 is 0 Å². The molecule has 1 atom stereocenters. The van der Waals surface area contributed by atoms with Gasteiger partial charge in [-0.05, 0) is 25.5 Å². The molecule has 1 aliphatic heterocycles. The summed E-state index contributed by atoms with van der Waals surface area (Å²) in [5.41, 5.74) is 0.763. The first-order chi connectivity index (χ1) is 9.69. The van der Waals surface area contributed by atoms with Gasteiger partial charge in [0.2, 0.25) is 6.04 Å². The summed E-state index contributed by atoms with van der Waals surface area (Å²) in [6.45, 7) is 4.64. The molecule has 0 N–H and O–H groups in total. The van der Waals surface area contributed by atoms with Gasteiger partial charge in [0.05, 0.1) is 12.3 Å². The third-order valence-corrected chi connectivity index (χ3v) is 3.18. The molecule has 1 aromatic carbocycles. The Morgan fingerprint density at radius 3 is 2.80 bits per heavy atom. The molecule has 0 radical (unpaired) electrons. The molecule has 2 rings (SSSR count). The Morgan fingerprint density at radius 1 is 1.35 bits per heavy atom. The van der Waals surface area contributed by atoms with Crippen LogP contribution in [0.1, 0.15) is 26.7 Å². The van der Waals surface area contributed by atoms with Crippen LogP contribution in [0.15, 0.2) is 24.3 Å². The van der Waals surface area contributed by atoms with Gasteiger partial charge in [-0.25, -0.2) is 9.59 Å². The number of hydrogen-bond acceptors (Lipinski definition) is 5. The van der Waals surface area contributed by atoms with Gasteiger partial charge in [0.1, 0.15) is 0 Å². The number of para-hydroxylation sites is 2. The first kappa shape index (κ1) is 14.4. The Kier molecular flexibility index (Phi) is 4.61. The Bertz CT molecular complexity index is 500. The van der Waals surface area contributed by atoms with Crippen molar-refractivity contribution in [3.63, 3.8) is 0 Å². The summed E-state index contributed by atoms with van der Waals surface area (Å²) in [5.74, 6) is -0.629. The maximum atomic E-state index is 12.1. The lowest BCUT2D eigenvalue weighted by Crippen LogP contribution is -2.52. The number of anilines is 1. The smallest absolute Gasteiger partial charge is 0.346 e. The van der Waals surface area contributed by atoms with E-state index < -0.39 is 18.0 Å². The van der Waals surface area contributed by atoms with E-state index in [2.05, 4.69) is 6.92 Å². The zero-order valence-corrected chi connectivity index (χ0v) is 11.8. The van der Waals surface area contributed by atoms with Gasteiger partial charge in [-0.1, -0.05) is 25.5 Å². The van der Waals surface area contributed by atoms with Gasteiger partial charge >= 0.3 is 11.9 Å². The lowest BCUT2D eigenvalue weighted by atomic mass is 10.1. The lowest BCUT2D eigenvalue weighted by molar-refractivity contribution is -0.153. The van der Waals surface area contributed by atoms with Crippen molar-refractivity contribution in [3.8, 4) is 5.75 Å². The quantitative estimate of drug-likeness (QED) is 0.469. The number of carbonyl (C=O) groups excluding carboxylic acids is 2. The average molecular weight is 277 g/mol. The molecule has 108 valence electrons.